The predicted octanol–water partition coefficient (Wildman–Crippen LogP) is 3.91. The van der Waals surface area contributed by atoms with Gasteiger partial charge in [-0.05, 0) is 24.3 Å². The minimum atomic E-state index is 0.542. The largest absolute Gasteiger partial charge is 0.334 e. The first kappa shape index (κ1) is 13.1. The Labute approximate surface area is 130 Å². The highest BCUT2D eigenvalue weighted by atomic mass is 32.2. The summed E-state index contributed by atoms with van der Waals surface area (Å²) in [6.07, 6.45) is 0. The lowest BCUT2D eigenvalue weighted by atomic mass is 10.2. The number of imidazole rings is 1. The van der Waals surface area contributed by atoms with Crippen LogP contribution in [0.3, 0.4) is 0 Å². The summed E-state index contributed by atoms with van der Waals surface area (Å²) in [5.41, 5.74) is 2.92. The Morgan fingerprint density at radius 1 is 0.955 bits per heavy atom. The summed E-state index contributed by atoms with van der Waals surface area (Å²) in [6.45, 7) is 0. The first-order valence-corrected chi connectivity index (χ1v) is 7.82. The van der Waals surface area contributed by atoms with E-state index in [1.165, 1.54) is 0 Å². The second kappa shape index (κ2) is 5.65. The number of nitrogens with zero attached hydrogens (tertiary/aromatic N) is 3. The molecule has 0 unspecified atom stereocenters. The number of hydrogen-bond donors (Lipinski definition) is 1. The molecule has 0 spiro atoms. The number of thioether (sulfide) groups is 1. The van der Waals surface area contributed by atoms with Crippen molar-refractivity contribution in [3.05, 3.63) is 60.4 Å². The number of hydrogen-bond acceptors (Lipinski definition) is 5. The second-order valence-electron chi connectivity index (χ2n) is 4.73. The van der Waals surface area contributed by atoms with E-state index in [-0.39, 0.29) is 0 Å². The van der Waals surface area contributed by atoms with Gasteiger partial charge in [-0.1, -0.05) is 47.3 Å². The van der Waals surface area contributed by atoms with Gasteiger partial charge < -0.3 is 9.51 Å². The first-order valence-electron chi connectivity index (χ1n) is 6.84. The van der Waals surface area contributed by atoms with Crippen LogP contribution in [0.4, 0.5) is 0 Å². The highest BCUT2D eigenvalue weighted by Crippen LogP contribution is 2.23. The van der Waals surface area contributed by atoms with E-state index in [1.54, 1.807) is 11.8 Å². The Morgan fingerprint density at radius 2 is 1.77 bits per heavy atom. The van der Waals surface area contributed by atoms with Crippen LogP contribution in [-0.2, 0) is 5.75 Å². The van der Waals surface area contributed by atoms with Crippen LogP contribution in [-0.4, -0.2) is 20.1 Å². The van der Waals surface area contributed by atoms with Crippen LogP contribution < -0.4 is 0 Å². The highest BCUT2D eigenvalue weighted by molar-refractivity contribution is 7.98. The SMILES string of the molecule is c1ccc(-c2nc(CSc3nc4ccccc4[nH]3)no2)cc1. The van der Waals surface area contributed by atoms with Gasteiger partial charge in [0.1, 0.15) is 0 Å². The van der Waals surface area contributed by atoms with Crippen molar-refractivity contribution < 1.29 is 4.52 Å². The standard InChI is InChI=1S/C16H12N4OS/c1-2-6-11(7-3-1)15-19-14(20-21-15)10-22-16-17-12-8-4-5-9-13(12)18-16/h1-9H,10H2,(H,17,18). The van der Waals surface area contributed by atoms with Crippen molar-refractivity contribution in [2.24, 2.45) is 0 Å². The fourth-order valence-electron chi connectivity index (χ4n) is 2.14. The number of rotatable bonds is 4. The maximum Gasteiger partial charge on any atom is 0.257 e. The van der Waals surface area contributed by atoms with Crippen LogP contribution in [0.15, 0.2) is 64.3 Å². The third kappa shape index (κ3) is 2.60. The monoisotopic (exact) mass is 308 g/mol. The number of fused-ring (bicyclic) bond motifs is 1. The van der Waals surface area contributed by atoms with Crippen molar-refractivity contribution in [3.63, 3.8) is 0 Å². The Bertz CT molecular complexity index is 868. The van der Waals surface area contributed by atoms with Gasteiger partial charge in [-0.25, -0.2) is 4.98 Å². The van der Waals surface area contributed by atoms with E-state index in [2.05, 4.69) is 20.1 Å². The molecule has 0 aliphatic rings. The molecular weight excluding hydrogens is 296 g/mol. The van der Waals surface area contributed by atoms with E-state index < -0.39 is 0 Å². The zero-order valence-electron chi connectivity index (χ0n) is 11.6. The molecule has 0 saturated heterocycles. The third-order valence-electron chi connectivity index (χ3n) is 3.19. The molecule has 0 aliphatic carbocycles. The minimum Gasteiger partial charge on any atom is -0.334 e. The molecule has 0 amide bonds. The van der Waals surface area contributed by atoms with Gasteiger partial charge in [-0.2, -0.15) is 4.98 Å². The molecule has 0 radical (unpaired) electrons. The zero-order chi connectivity index (χ0) is 14.8. The fraction of sp³-hybridized carbons (Fsp3) is 0.0625. The average Bonchev–Trinajstić information content (AvgIpc) is 3.20. The molecule has 1 N–H and O–H groups in total. The number of para-hydroxylation sites is 2. The van der Waals surface area contributed by atoms with Crippen molar-refractivity contribution in [1.82, 2.24) is 20.1 Å². The van der Waals surface area contributed by atoms with E-state index >= 15 is 0 Å². The van der Waals surface area contributed by atoms with Crippen molar-refractivity contribution in [1.29, 1.82) is 0 Å². The van der Waals surface area contributed by atoms with Gasteiger partial charge in [-0.3, -0.25) is 0 Å². The molecule has 4 aromatic rings. The van der Waals surface area contributed by atoms with Crippen molar-refractivity contribution >= 4 is 22.8 Å². The van der Waals surface area contributed by atoms with E-state index in [0.717, 1.165) is 21.8 Å². The molecule has 6 heteroatoms. The van der Waals surface area contributed by atoms with E-state index in [9.17, 15) is 0 Å². The Morgan fingerprint density at radius 3 is 2.64 bits per heavy atom. The van der Waals surface area contributed by atoms with Crippen LogP contribution in [0, 0.1) is 0 Å². The summed E-state index contributed by atoms with van der Waals surface area (Å²) < 4.78 is 5.29. The topological polar surface area (TPSA) is 67.6 Å². The van der Waals surface area contributed by atoms with E-state index in [0.29, 0.717) is 17.5 Å². The van der Waals surface area contributed by atoms with E-state index in [1.807, 2.05) is 54.6 Å². The van der Waals surface area contributed by atoms with Crippen LogP contribution in [0.2, 0.25) is 0 Å². The molecule has 2 aromatic heterocycles. The number of aromatic nitrogens is 4. The van der Waals surface area contributed by atoms with Crippen molar-refractivity contribution in [2.45, 2.75) is 10.9 Å². The lowest BCUT2D eigenvalue weighted by Crippen LogP contribution is -1.85. The van der Waals surface area contributed by atoms with Gasteiger partial charge in [0.05, 0.1) is 16.8 Å². The molecule has 2 aromatic carbocycles. The van der Waals surface area contributed by atoms with Gasteiger partial charge in [0.2, 0.25) is 0 Å². The molecular formula is C16H12N4OS. The van der Waals surface area contributed by atoms with E-state index in [4.69, 9.17) is 4.52 Å². The minimum absolute atomic E-state index is 0.542. The summed E-state index contributed by atoms with van der Waals surface area (Å²) in [7, 11) is 0. The quantitative estimate of drug-likeness (QED) is 0.579. The molecule has 22 heavy (non-hydrogen) atoms. The molecule has 0 fully saturated rings. The van der Waals surface area contributed by atoms with Crippen LogP contribution in [0.1, 0.15) is 5.82 Å². The number of H-pyrrole nitrogens is 1. The van der Waals surface area contributed by atoms with Gasteiger partial charge in [0.15, 0.2) is 11.0 Å². The predicted molar refractivity (Wildman–Crippen MR) is 85.4 cm³/mol. The molecule has 4 rings (SSSR count). The molecule has 0 saturated carbocycles. The molecule has 0 bridgehead atoms. The lowest BCUT2D eigenvalue weighted by molar-refractivity contribution is 0.425. The van der Waals surface area contributed by atoms with Crippen LogP contribution >= 0.6 is 11.8 Å². The van der Waals surface area contributed by atoms with Gasteiger partial charge in [0, 0.05) is 5.56 Å². The van der Waals surface area contributed by atoms with Gasteiger partial charge in [0.25, 0.3) is 5.89 Å². The maximum absolute atomic E-state index is 5.29. The smallest absolute Gasteiger partial charge is 0.257 e. The third-order valence-corrected chi connectivity index (χ3v) is 4.06. The van der Waals surface area contributed by atoms with Crippen molar-refractivity contribution in [2.75, 3.05) is 0 Å². The fourth-order valence-corrected chi connectivity index (χ4v) is 2.87. The summed E-state index contributed by atoms with van der Waals surface area (Å²) >= 11 is 1.56. The summed E-state index contributed by atoms with van der Waals surface area (Å²) in [5.74, 6) is 1.81. The second-order valence-corrected chi connectivity index (χ2v) is 5.69. The Kier molecular flexibility index (Phi) is 3.36. The zero-order valence-corrected chi connectivity index (χ0v) is 12.4. The van der Waals surface area contributed by atoms with Crippen LogP contribution in [0.25, 0.3) is 22.5 Å². The Balaban J connectivity index is 1.49. The lowest BCUT2D eigenvalue weighted by Gasteiger charge is -1.92. The summed E-state index contributed by atoms with van der Waals surface area (Å²) in [5, 5.41) is 4.87. The number of nitrogens with one attached hydrogen (secondary N) is 1. The number of aromatic amines is 1. The molecule has 0 aliphatic heterocycles. The maximum atomic E-state index is 5.29. The summed E-state index contributed by atoms with van der Waals surface area (Å²) in [6, 6.07) is 17.7. The molecule has 108 valence electrons. The Hall–Kier alpha value is -2.60. The molecule has 0 atom stereocenters. The molecule has 5 nitrogen and oxygen atoms in total. The number of benzene rings is 2. The van der Waals surface area contributed by atoms with Gasteiger partial charge >= 0.3 is 0 Å². The highest BCUT2D eigenvalue weighted by Gasteiger charge is 2.10. The van der Waals surface area contributed by atoms with Crippen LogP contribution in [0.5, 0.6) is 0 Å². The average molecular weight is 308 g/mol. The first-order chi connectivity index (χ1) is 10.9. The van der Waals surface area contributed by atoms with Crippen molar-refractivity contribution in [3.8, 4) is 11.5 Å². The summed E-state index contributed by atoms with van der Waals surface area (Å²) in [4.78, 5) is 12.2. The normalized spacial score (nSPS) is 11.1. The van der Waals surface area contributed by atoms with Gasteiger partial charge in [-0.15, -0.1) is 0 Å². The molecule has 2 heterocycles.